The van der Waals surface area contributed by atoms with Crippen LogP contribution in [0.15, 0.2) is 6.07 Å². The number of thiophene rings is 1. The van der Waals surface area contributed by atoms with E-state index in [1.165, 1.54) is 16.9 Å². The van der Waals surface area contributed by atoms with E-state index in [0.29, 0.717) is 18.4 Å². The third-order valence-electron chi connectivity index (χ3n) is 4.20. The Morgan fingerprint density at radius 2 is 2.21 bits per heavy atom. The van der Waals surface area contributed by atoms with Crippen molar-refractivity contribution in [3.63, 3.8) is 0 Å². The van der Waals surface area contributed by atoms with Crippen LogP contribution in [0.25, 0.3) is 0 Å². The van der Waals surface area contributed by atoms with Crippen LogP contribution >= 0.6 is 11.3 Å². The first-order chi connectivity index (χ1) is 9.15. The molecule has 2 unspecified atom stereocenters. The Bertz CT molecular complexity index is 441. The van der Waals surface area contributed by atoms with Crippen LogP contribution in [0.5, 0.6) is 0 Å². The van der Waals surface area contributed by atoms with Gasteiger partial charge in [-0.05, 0) is 49.7 Å². The first-order valence-corrected chi connectivity index (χ1v) is 7.95. The average Bonchev–Trinajstić information content (AvgIpc) is 3.01. The lowest BCUT2D eigenvalue weighted by molar-refractivity contribution is 0.0942. The van der Waals surface area contributed by atoms with Crippen molar-refractivity contribution < 1.29 is 9.90 Å². The Hall–Kier alpha value is -0.870. The highest BCUT2D eigenvalue weighted by molar-refractivity contribution is 7.14. The van der Waals surface area contributed by atoms with Crippen LogP contribution in [0.2, 0.25) is 0 Å². The van der Waals surface area contributed by atoms with E-state index in [4.69, 9.17) is 0 Å². The molecule has 2 N–H and O–H groups in total. The highest BCUT2D eigenvalue weighted by atomic mass is 32.1. The van der Waals surface area contributed by atoms with E-state index >= 15 is 0 Å². The van der Waals surface area contributed by atoms with E-state index in [-0.39, 0.29) is 12.5 Å². The smallest absolute Gasteiger partial charge is 0.261 e. The normalized spacial score (nSPS) is 22.7. The van der Waals surface area contributed by atoms with Crippen molar-refractivity contribution in [3.8, 4) is 0 Å². The molecule has 0 aromatic carbocycles. The Kier molecular flexibility index (Phi) is 4.99. The average molecular weight is 281 g/mol. The second-order valence-electron chi connectivity index (χ2n) is 5.39. The zero-order chi connectivity index (χ0) is 13.8. The third-order valence-corrected chi connectivity index (χ3v) is 5.29. The number of aliphatic hydroxyl groups is 1. The molecule has 19 heavy (non-hydrogen) atoms. The summed E-state index contributed by atoms with van der Waals surface area (Å²) in [6.07, 6.45) is 4.36. The molecule has 1 saturated carbocycles. The number of hydrogen-bond acceptors (Lipinski definition) is 3. The first-order valence-electron chi connectivity index (χ1n) is 7.14. The maximum Gasteiger partial charge on any atom is 0.261 e. The van der Waals surface area contributed by atoms with E-state index in [9.17, 15) is 9.90 Å². The lowest BCUT2D eigenvalue weighted by Gasteiger charge is -2.17. The van der Waals surface area contributed by atoms with Crippen molar-refractivity contribution in [2.45, 2.75) is 39.5 Å². The summed E-state index contributed by atoms with van der Waals surface area (Å²) in [4.78, 5) is 14.2. The van der Waals surface area contributed by atoms with Crippen LogP contribution in [0, 0.1) is 18.8 Å². The van der Waals surface area contributed by atoms with Crippen molar-refractivity contribution in [2.75, 3.05) is 13.2 Å². The predicted molar refractivity (Wildman–Crippen MR) is 78.7 cm³/mol. The molecular formula is C15H23NO2S. The monoisotopic (exact) mass is 281 g/mol. The number of aliphatic hydroxyl groups excluding tert-OH is 1. The molecule has 1 fully saturated rings. The van der Waals surface area contributed by atoms with Gasteiger partial charge in [-0.25, -0.2) is 0 Å². The summed E-state index contributed by atoms with van der Waals surface area (Å²) >= 11 is 1.57. The van der Waals surface area contributed by atoms with Crippen molar-refractivity contribution in [1.29, 1.82) is 0 Å². The molecule has 1 aromatic rings. The number of nitrogens with one attached hydrogen (secondary N) is 1. The molecule has 0 radical (unpaired) electrons. The molecule has 0 saturated heterocycles. The van der Waals surface area contributed by atoms with Crippen molar-refractivity contribution >= 4 is 17.2 Å². The minimum absolute atomic E-state index is 0.0383. The van der Waals surface area contributed by atoms with Gasteiger partial charge in [0.1, 0.15) is 0 Å². The summed E-state index contributed by atoms with van der Waals surface area (Å²) < 4.78 is 0. The highest BCUT2D eigenvalue weighted by Gasteiger charge is 2.27. The van der Waals surface area contributed by atoms with Crippen LogP contribution in [-0.4, -0.2) is 24.2 Å². The molecule has 1 aliphatic carbocycles. The quantitative estimate of drug-likeness (QED) is 0.872. The van der Waals surface area contributed by atoms with E-state index in [2.05, 4.69) is 19.2 Å². The van der Waals surface area contributed by atoms with Gasteiger partial charge in [0.25, 0.3) is 5.91 Å². The Morgan fingerprint density at radius 1 is 1.47 bits per heavy atom. The second kappa shape index (κ2) is 6.53. The standard InChI is InChI=1S/C15H23NO2S/c1-3-11-7-14(19-10(11)2)15(18)16-8-12-5-4-6-13(12)9-17/h7,12-13,17H,3-6,8-9H2,1-2H3,(H,16,18). The van der Waals surface area contributed by atoms with E-state index in [0.717, 1.165) is 24.1 Å². The molecule has 0 bridgehead atoms. The van der Waals surface area contributed by atoms with Gasteiger partial charge in [-0.3, -0.25) is 4.79 Å². The fourth-order valence-corrected chi connectivity index (χ4v) is 3.95. The lowest BCUT2D eigenvalue weighted by atomic mass is 9.97. The molecular weight excluding hydrogens is 258 g/mol. The number of carbonyl (C=O) groups is 1. The minimum Gasteiger partial charge on any atom is -0.396 e. The molecule has 0 spiro atoms. The predicted octanol–water partition coefficient (Wildman–Crippen LogP) is 2.76. The van der Waals surface area contributed by atoms with Gasteiger partial charge >= 0.3 is 0 Å². The van der Waals surface area contributed by atoms with Crippen molar-refractivity contribution in [2.24, 2.45) is 11.8 Å². The Balaban J connectivity index is 1.90. The summed E-state index contributed by atoms with van der Waals surface area (Å²) in [5, 5.41) is 12.3. The maximum atomic E-state index is 12.1. The fraction of sp³-hybridized carbons (Fsp3) is 0.667. The van der Waals surface area contributed by atoms with Gasteiger partial charge < -0.3 is 10.4 Å². The third kappa shape index (κ3) is 3.37. The Labute approximate surface area is 119 Å². The molecule has 106 valence electrons. The molecule has 1 aromatic heterocycles. The SMILES string of the molecule is CCc1cc(C(=O)NCC2CCCC2CO)sc1C. The molecule has 1 amide bonds. The summed E-state index contributed by atoms with van der Waals surface area (Å²) in [6.45, 7) is 5.13. The zero-order valence-electron chi connectivity index (χ0n) is 11.7. The number of amides is 1. The fourth-order valence-electron chi connectivity index (χ4n) is 2.92. The maximum absolute atomic E-state index is 12.1. The van der Waals surface area contributed by atoms with Crippen LogP contribution in [0.1, 0.15) is 46.3 Å². The van der Waals surface area contributed by atoms with Crippen molar-refractivity contribution in [3.05, 3.63) is 21.4 Å². The molecule has 4 heteroatoms. The molecule has 1 aliphatic rings. The van der Waals surface area contributed by atoms with Crippen LogP contribution in [0.4, 0.5) is 0 Å². The highest BCUT2D eigenvalue weighted by Crippen LogP contribution is 2.30. The zero-order valence-corrected chi connectivity index (χ0v) is 12.6. The molecule has 2 rings (SSSR count). The Morgan fingerprint density at radius 3 is 2.84 bits per heavy atom. The van der Waals surface area contributed by atoms with Crippen molar-refractivity contribution in [1.82, 2.24) is 5.32 Å². The molecule has 0 aliphatic heterocycles. The number of aryl methyl sites for hydroxylation is 2. The van der Waals surface area contributed by atoms with E-state index in [1.54, 1.807) is 11.3 Å². The van der Waals surface area contributed by atoms with Gasteiger partial charge in [-0.2, -0.15) is 0 Å². The minimum atomic E-state index is 0.0383. The summed E-state index contributed by atoms with van der Waals surface area (Å²) in [5.74, 6) is 0.855. The second-order valence-corrected chi connectivity index (χ2v) is 6.65. The molecule has 3 nitrogen and oxygen atoms in total. The van der Waals surface area contributed by atoms with E-state index in [1.807, 2.05) is 6.07 Å². The van der Waals surface area contributed by atoms with Crippen LogP contribution in [-0.2, 0) is 6.42 Å². The topological polar surface area (TPSA) is 49.3 Å². The van der Waals surface area contributed by atoms with Gasteiger partial charge in [-0.1, -0.05) is 13.3 Å². The van der Waals surface area contributed by atoms with Gasteiger partial charge in [0.2, 0.25) is 0 Å². The first kappa shape index (κ1) is 14.5. The van der Waals surface area contributed by atoms with E-state index < -0.39 is 0 Å². The number of hydrogen-bond donors (Lipinski definition) is 2. The van der Waals surface area contributed by atoms with Gasteiger partial charge in [0.05, 0.1) is 4.88 Å². The van der Waals surface area contributed by atoms with Crippen LogP contribution in [0.3, 0.4) is 0 Å². The molecule has 2 atom stereocenters. The van der Waals surface area contributed by atoms with Gasteiger partial charge in [0, 0.05) is 18.0 Å². The number of rotatable bonds is 5. The summed E-state index contributed by atoms with van der Waals surface area (Å²) in [7, 11) is 0. The lowest BCUT2D eigenvalue weighted by Crippen LogP contribution is -2.31. The molecule has 1 heterocycles. The van der Waals surface area contributed by atoms with Crippen LogP contribution < -0.4 is 5.32 Å². The summed E-state index contributed by atoms with van der Waals surface area (Å²) in [5.41, 5.74) is 1.27. The van der Waals surface area contributed by atoms with Gasteiger partial charge in [-0.15, -0.1) is 11.3 Å². The largest absolute Gasteiger partial charge is 0.396 e. The number of carbonyl (C=O) groups excluding carboxylic acids is 1. The van der Waals surface area contributed by atoms with Gasteiger partial charge in [0.15, 0.2) is 0 Å². The summed E-state index contributed by atoms with van der Waals surface area (Å²) in [6, 6.07) is 2.01.